The average molecular weight is 348 g/mol. The van der Waals surface area contributed by atoms with Gasteiger partial charge in [0, 0.05) is 0 Å². The Kier molecular flexibility index (Phi) is 4.96. The number of amides is 1. The van der Waals surface area contributed by atoms with Crippen LogP contribution < -0.4 is 0 Å². The number of hydrogen-bond donors (Lipinski definition) is 0. The molecular formula is C18H24N2O5. The standard InChI is InChI=1S/C18H24N2O5/c1-18(2,3)24-17(22)20-14-9-19(10-15(20)12-23-11-14)25-16(21)13-7-5-4-6-8-13/h4-8,14-15H,9-12H2,1-3H3. The molecule has 0 N–H and O–H groups in total. The fourth-order valence-corrected chi connectivity index (χ4v) is 3.06. The summed E-state index contributed by atoms with van der Waals surface area (Å²) in [5.41, 5.74) is -0.0538. The Hall–Kier alpha value is -2.12. The van der Waals surface area contributed by atoms with E-state index < -0.39 is 11.6 Å². The molecule has 3 rings (SSSR count). The van der Waals surface area contributed by atoms with Gasteiger partial charge in [-0.3, -0.25) is 4.90 Å². The second-order valence-corrected chi connectivity index (χ2v) is 7.32. The van der Waals surface area contributed by atoms with Crippen molar-refractivity contribution < 1.29 is 23.9 Å². The van der Waals surface area contributed by atoms with Crippen molar-refractivity contribution in [3.8, 4) is 0 Å². The summed E-state index contributed by atoms with van der Waals surface area (Å²) in [6.07, 6.45) is -0.347. The van der Waals surface area contributed by atoms with Gasteiger partial charge in [0.15, 0.2) is 0 Å². The van der Waals surface area contributed by atoms with Crippen molar-refractivity contribution in [2.24, 2.45) is 0 Å². The van der Waals surface area contributed by atoms with Crippen LogP contribution in [0.4, 0.5) is 4.79 Å². The zero-order valence-corrected chi connectivity index (χ0v) is 14.8. The summed E-state index contributed by atoms with van der Waals surface area (Å²) in [5.74, 6) is -0.398. The molecule has 1 aromatic rings. The fraction of sp³-hybridized carbons (Fsp3) is 0.556. The molecule has 2 atom stereocenters. The molecule has 2 aliphatic heterocycles. The molecule has 2 unspecified atom stereocenters. The SMILES string of the molecule is CC(C)(C)OC(=O)N1C2COCC1CN(OC(=O)c1ccccc1)C2. The maximum absolute atomic E-state index is 12.5. The van der Waals surface area contributed by atoms with Crippen molar-refractivity contribution in [1.29, 1.82) is 0 Å². The second kappa shape index (κ2) is 7.01. The first-order chi connectivity index (χ1) is 11.8. The number of carbonyl (C=O) groups is 2. The lowest BCUT2D eigenvalue weighted by atomic mass is 10.1. The van der Waals surface area contributed by atoms with E-state index in [0.29, 0.717) is 31.9 Å². The Morgan fingerprint density at radius 3 is 2.24 bits per heavy atom. The van der Waals surface area contributed by atoms with E-state index in [2.05, 4.69) is 0 Å². The van der Waals surface area contributed by atoms with E-state index in [-0.39, 0.29) is 18.2 Å². The second-order valence-electron chi connectivity index (χ2n) is 7.32. The molecule has 0 radical (unpaired) electrons. The summed E-state index contributed by atoms with van der Waals surface area (Å²) >= 11 is 0. The first-order valence-electron chi connectivity index (χ1n) is 8.45. The summed E-state index contributed by atoms with van der Waals surface area (Å²) in [7, 11) is 0. The van der Waals surface area contributed by atoms with E-state index in [4.69, 9.17) is 14.3 Å². The first kappa shape index (κ1) is 17.7. The monoisotopic (exact) mass is 348 g/mol. The lowest BCUT2D eigenvalue weighted by molar-refractivity contribution is -0.187. The largest absolute Gasteiger partial charge is 0.444 e. The average Bonchev–Trinajstić information content (AvgIpc) is 2.53. The van der Waals surface area contributed by atoms with Crippen molar-refractivity contribution >= 4 is 12.1 Å². The third-order valence-electron chi connectivity index (χ3n) is 4.06. The Bertz CT molecular complexity index is 614. The van der Waals surface area contributed by atoms with Gasteiger partial charge in [0.1, 0.15) is 5.60 Å². The molecule has 136 valence electrons. The van der Waals surface area contributed by atoms with Crippen molar-refractivity contribution in [2.45, 2.75) is 38.5 Å². The zero-order chi connectivity index (χ0) is 18.0. The van der Waals surface area contributed by atoms with E-state index in [1.807, 2.05) is 26.8 Å². The Morgan fingerprint density at radius 2 is 1.68 bits per heavy atom. The Labute approximate surface area is 147 Å². The van der Waals surface area contributed by atoms with Gasteiger partial charge in [0.25, 0.3) is 0 Å². The summed E-state index contributed by atoms with van der Waals surface area (Å²) in [4.78, 5) is 32.0. The molecule has 7 nitrogen and oxygen atoms in total. The van der Waals surface area contributed by atoms with Gasteiger partial charge in [0.05, 0.1) is 44.0 Å². The van der Waals surface area contributed by atoms with Gasteiger partial charge in [-0.15, -0.1) is 5.06 Å². The first-order valence-corrected chi connectivity index (χ1v) is 8.45. The molecule has 2 saturated heterocycles. The number of rotatable bonds is 2. The van der Waals surface area contributed by atoms with Gasteiger partial charge in [-0.25, -0.2) is 9.59 Å². The number of hydroxylamine groups is 2. The minimum absolute atomic E-state index is 0.203. The topological polar surface area (TPSA) is 68.3 Å². The molecule has 1 aromatic carbocycles. The number of carbonyl (C=O) groups excluding carboxylic acids is 2. The van der Waals surface area contributed by atoms with Gasteiger partial charge < -0.3 is 14.3 Å². The van der Waals surface area contributed by atoms with E-state index >= 15 is 0 Å². The molecule has 0 aliphatic carbocycles. The lowest BCUT2D eigenvalue weighted by Gasteiger charge is -2.48. The minimum atomic E-state index is -0.552. The maximum Gasteiger partial charge on any atom is 0.411 e. The highest BCUT2D eigenvalue weighted by atomic mass is 16.7. The van der Waals surface area contributed by atoms with Crippen LogP contribution in [0.1, 0.15) is 31.1 Å². The van der Waals surface area contributed by atoms with Gasteiger partial charge in [-0.1, -0.05) is 18.2 Å². The third-order valence-corrected chi connectivity index (χ3v) is 4.06. The van der Waals surface area contributed by atoms with E-state index in [0.717, 1.165) is 0 Å². The van der Waals surface area contributed by atoms with Crippen LogP contribution in [0.3, 0.4) is 0 Å². The summed E-state index contributed by atoms with van der Waals surface area (Å²) in [6, 6.07) is 8.45. The van der Waals surface area contributed by atoms with E-state index in [9.17, 15) is 9.59 Å². The molecule has 0 spiro atoms. The molecule has 1 amide bonds. The number of fused-ring (bicyclic) bond motifs is 2. The smallest absolute Gasteiger partial charge is 0.411 e. The van der Waals surface area contributed by atoms with Gasteiger partial charge in [0.2, 0.25) is 0 Å². The van der Waals surface area contributed by atoms with Crippen molar-refractivity contribution in [3.63, 3.8) is 0 Å². The predicted molar refractivity (Wildman–Crippen MR) is 89.9 cm³/mol. The van der Waals surface area contributed by atoms with Crippen LogP contribution in [0, 0.1) is 0 Å². The number of ether oxygens (including phenoxy) is 2. The van der Waals surface area contributed by atoms with Crippen LogP contribution in [-0.4, -0.2) is 66.0 Å². The van der Waals surface area contributed by atoms with Crippen LogP contribution in [0.5, 0.6) is 0 Å². The molecule has 2 fully saturated rings. The molecular weight excluding hydrogens is 324 g/mol. The fourth-order valence-electron chi connectivity index (χ4n) is 3.06. The van der Waals surface area contributed by atoms with Gasteiger partial charge >= 0.3 is 12.1 Å². The van der Waals surface area contributed by atoms with Gasteiger partial charge in [-0.05, 0) is 32.9 Å². The Balaban J connectivity index is 1.65. The molecule has 0 saturated carbocycles. The quantitative estimate of drug-likeness (QED) is 0.815. The molecule has 2 bridgehead atoms. The number of benzene rings is 1. The number of piperazine rings is 1. The van der Waals surface area contributed by atoms with Crippen LogP contribution >= 0.6 is 0 Å². The van der Waals surface area contributed by atoms with Crippen LogP contribution in [-0.2, 0) is 14.3 Å². The third kappa shape index (κ3) is 4.29. The molecule has 25 heavy (non-hydrogen) atoms. The maximum atomic E-state index is 12.5. The van der Waals surface area contributed by atoms with Crippen molar-refractivity contribution in [2.75, 3.05) is 26.3 Å². The van der Waals surface area contributed by atoms with E-state index in [1.54, 1.807) is 34.2 Å². The summed E-state index contributed by atoms with van der Waals surface area (Å²) in [5, 5.41) is 1.62. The van der Waals surface area contributed by atoms with Crippen molar-refractivity contribution in [1.82, 2.24) is 9.96 Å². The highest BCUT2D eigenvalue weighted by Crippen LogP contribution is 2.24. The van der Waals surface area contributed by atoms with Crippen molar-refractivity contribution in [3.05, 3.63) is 35.9 Å². The zero-order valence-electron chi connectivity index (χ0n) is 14.8. The normalized spacial score (nSPS) is 23.9. The number of hydrogen-bond acceptors (Lipinski definition) is 6. The lowest BCUT2D eigenvalue weighted by Crippen LogP contribution is -2.66. The molecule has 2 heterocycles. The van der Waals surface area contributed by atoms with Gasteiger partial charge in [-0.2, -0.15) is 0 Å². The van der Waals surface area contributed by atoms with Crippen LogP contribution in [0.2, 0.25) is 0 Å². The molecule has 2 aliphatic rings. The Morgan fingerprint density at radius 1 is 1.08 bits per heavy atom. The number of morpholine rings is 1. The van der Waals surface area contributed by atoms with E-state index in [1.165, 1.54) is 0 Å². The summed E-state index contributed by atoms with van der Waals surface area (Å²) < 4.78 is 11.1. The van der Waals surface area contributed by atoms with Crippen LogP contribution in [0.15, 0.2) is 30.3 Å². The highest BCUT2D eigenvalue weighted by Gasteiger charge is 2.44. The summed E-state index contributed by atoms with van der Waals surface area (Å²) in [6.45, 7) is 7.12. The molecule has 7 heteroatoms. The minimum Gasteiger partial charge on any atom is -0.444 e. The number of nitrogens with zero attached hydrogens (tertiary/aromatic N) is 2. The highest BCUT2D eigenvalue weighted by molar-refractivity contribution is 5.89. The predicted octanol–water partition coefficient (Wildman–Crippen LogP) is 2.08. The molecule has 0 aromatic heterocycles. The van der Waals surface area contributed by atoms with Crippen LogP contribution in [0.25, 0.3) is 0 Å².